The van der Waals surface area contributed by atoms with Crippen molar-refractivity contribution in [3.63, 3.8) is 0 Å². The van der Waals surface area contributed by atoms with E-state index in [-0.39, 0.29) is 18.4 Å². The maximum Gasteiger partial charge on any atom is 0.305 e. The molecule has 1 amide bonds. The number of aryl methyl sites for hydroxylation is 2. The first kappa shape index (κ1) is 12.6. The highest BCUT2D eigenvalue weighted by Gasteiger charge is 2.32. The molecular formula is C12H17N3O3. The van der Waals surface area contributed by atoms with Gasteiger partial charge in [0.1, 0.15) is 0 Å². The maximum atomic E-state index is 12.4. The van der Waals surface area contributed by atoms with E-state index < -0.39 is 5.97 Å². The quantitative estimate of drug-likeness (QED) is 0.842. The average Bonchev–Trinajstić information content (AvgIpc) is 2.85. The van der Waals surface area contributed by atoms with Crippen LogP contribution in [0.2, 0.25) is 0 Å². The topological polar surface area (TPSA) is 86.3 Å². The molecule has 0 saturated carbocycles. The minimum absolute atomic E-state index is 0.0156. The molecule has 98 valence electrons. The second-order valence-corrected chi connectivity index (χ2v) is 4.70. The fourth-order valence-corrected chi connectivity index (χ4v) is 2.53. The van der Waals surface area contributed by atoms with Crippen molar-refractivity contribution in [3.8, 4) is 0 Å². The summed E-state index contributed by atoms with van der Waals surface area (Å²) in [6.45, 7) is 4.20. The highest BCUT2D eigenvalue weighted by Crippen LogP contribution is 2.24. The van der Waals surface area contributed by atoms with Gasteiger partial charge in [0.25, 0.3) is 5.91 Å². The number of rotatable bonds is 3. The Morgan fingerprint density at radius 2 is 2.22 bits per heavy atom. The maximum absolute atomic E-state index is 12.4. The molecule has 1 unspecified atom stereocenters. The van der Waals surface area contributed by atoms with Gasteiger partial charge >= 0.3 is 5.97 Å². The van der Waals surface area contributed by atoms with E-state index in [9.17, 15) is 9.59 Å². The highest BCUT2D eigenvalue weighted by molar-refractivity contribution is 5.96. The van der Waals surface area contributed by atoms with Gasteiger partial charge < -0.3 is 10.0 Å². The third-order valence-corrected chi connectivity index (χ3v) is 3.39. The molecule has 0 spiro atoms. The fraction of sp³-hybridized carbons (Fsp3) is 0.583. The van der Waals surface area contributed by atoms with Crippen molar-refractivity contribution < 1.29 is 14.7 Å². The number of hydrogen-bond acceptors (Lipinski definition) is 3. The number of carbonyl (C=O) groups is 2. The van der Waals surface area contributed by atoms with E-state index in [2.05, 4.69) is 10.2 Å². The summed E-state index contributed by atoms with van der Waals surface area (Å²) in [6, 6.07) is -0.191. The van der Waals surface area contributed by atoms with Crippen LogP contribution in [-0.4, -0.2) is 44.7 Å². The number of carboxylic acid groups (broad SMARTS) is 1. The molecular weight excluding hydrogens is 234 g/mol. The molecule has 18 heavy (non-hydrogen) atoms. The zero-order valence-electron chi connectivity index (χ0n) is 10.6. The number of nitrogens with zero attached hydrogens (tertiary/aromatic N) is 2. The first-order chi connectivity index (χ1) is 8.50. The Bertz CT molecular complexity index is 461. The lowest BCUT2D eigenvalue weighted by Crippen LogP contribution is -2.37. The number of carboxylic acids is 1. The van der Waals surface area contributed by atoms with Gasteiger partial charge in [0.2, 0.25) is 0 Å². The summed E-state index contributed by atoms with van der Waals surface area (Å²) < 4.78 is 0. The summed E-state index contributed by atoms with van der Waals surface area (Å²) in [5, 5.41) is 15.6. The van der Waals surface area contributed by atoms with Crippen LogP contribution >= 0.6 is 0 Å². The first-order valence-electron chi connectivity index (χ1n) is 6.05. The van der Waals surface area contributed by atoms with Crippen molar-refractivity contribution >= 4 is 11.9 Å². The lowest BCUT2D eigenvalue weighted by atomic mass is 10.1. The number of aromatic nitrogens is 2. The summed E-state index contributed by atoms with van der Waals surface area (Å²) in [5.41, 5.74) is 1.98. The van der Waals surface area contributed by atoms with Crippen molar-refractivity contribution in [1.82, 2.24) is 15.1 Å². The third-order valence-electron chi connectivity index (χ3n) is 3.39. The lowest BCUT2D eigenvalue weighted by Gasteiger charge is -2.23. The summed E-state index contributed by atoms with van der Waals surface area (Å²) in [5.74, 6) is -0.970. The Morgan fingerprint density at radius 1 is 1.50 bits per heavy atom. The number of nitrogens with one attached hydrogen (secondary N) is 1. The molecule has 2 N–H and O–H groups in total. The molecule has 1 aromatic rings. The number of H-pyrrole nitrogens is 1. The van der Waals surface area contributed by atoms with Gasteiger partial charge in [-0.2, -0.15) is 5.10 Å². The van der Waals surface area contributed by atoms with Crippen molar-refractivity contribution in [2.45, 2.75) is 39.2 Å². The van der Waals surface area contributed by atoms with Crippen LogP contribution < -0.4 is 0 Å². The van der Waals surface area contributed by atoms with Gasteiger partial charge in [0, 0.05) is 18.3 Å². The van der Waals surface area contributed by atoms with Gasteiger partial charge in [-0.25, -0.2) is 0 Å². The van der Waals surface area contributed by atoms with Crippen molar-refractivity contribution in [3.05, 3.63) is 17.0 Å². The molecule has 2 rings (SSSR count). The summed E-state index contributed by atoms with van der Waals surface area (Å²) >= 11 is 0. The van der Waals surface area contributed by atoms with Crippen molar-refractivity contribution in [1.29, 1.82) is 0 Å². The molecule has 1 aromatic heterocycles. The van der Waals surface area contributed by atoms with Crippen LogP contribution in [0, 0.1) is 13.8 Å². The van der Waals surface area contributed by atoms with E-state index >= 15 is 0 Å². The Morgan fingerprint density at radius 3 is 2.78 bits per heavy atom. The molecule has 1 aliphatic heterocycles. The molecule has 1 atom stereocenters. The van der Waals surface area contributed by atoms with Gasteiger partial charge in [-0.3, -0.25) is 14.7 Å². The second kappa shape index (κ2) is 4.80. The largest absolute Gasteiger partial charge is 0.481 e. The van der Waals surface area contributed by atoms with Crippen LogP contribution in [0.25, 0.3) is 0 Å². The molecule has 6 nitrogen and oxygen atoms in total. The number of aromatic amines is 1. The highest BCUT2D eigenvalue weighted by atomic mass is 16.4. The summed E-state index contributed by atoms with van der Waals surface area (Å²) in [4.78, 5) is 24.9. The molecule has 6 heteroatoms. The second-order valence-electron chi connectivity index (χ2n) is 4.70. The number of hydrogen-bond donors (Lipinski definition) is 2. The minimum atomic E-state index is -0.861. The monoisotopic (exact) mass is 251 g/mol. The van der Waals surface area contributed by atoms with Crippen LogP contribution in [-0.2, 0) is 4.79 Å². The number of amides is 1. The Balaban J connectivity index is 2.20. The normalized spacial score (nSPS) is 19.2. The third kappa shape index (κ3) is 2.23. The zero-order chi connectivity index (χ0) is 13.3. The molecule has 0 aliphatic carbocycles. The van der Waals surface area contributed by atoms with Gasteiger partial charge in [0.05, 0.1) is 17.7 Å². The van der Waals surface area contributed by atoms with Crippen molar-refractivity contribution in [2.75, 3.05) is 6.54 Å². The summed E-state index contributed by atoms with van der Waals surface area (Å²) in [7, 11) is 0. The van der Waals surface area contributed by atoms with E-state index in [1.165, 1.54) is 0 Å². The smallest absolute Gasteiger partial charge is 0.305 e. The lowest BCUT2D eigenvalue weighted by molar-refractivity contribution is -0.137. The Hall–Kier alpha value is -1.85. The van der Waals surface area contributed by atoms with Crippen molar-refractivity contribution in [2.24, 2.45) is 0 Å². The van der Waals surface area contributed by atoms with Gasteiger partial charge in [-0.05, 0) is 26.7 Å². The standard InChI is InChI=1S/C12H17N3O3/c1-7-11(8(2)14-13-7)12(18)15-5-3-4-9(15)6-10(16)17/h9H,3-6H2,1-2H3,(H,13,14)(H,16,17). The number of carbonyl (C=O) groups excluding carboxylic acids is 1. The number of likely N-dealkylation sites (tertiary alicyclic amines) is 1. The predicted molar refractivity (Wildman–Crippen MR) is 64.4 cm³/mol. The molecule has 0 radical (unpaired) electrons. The van der Waals surface area contributed by atoms with E-state index in [1.807, 2.05) is 0 Å². The van der Waals surface area contributed by atoms with E-state index in [4.69, 9.17) is 5.11 Å². The van der Waals surface area contributed by atoms with Gasteiger partial charge in [0.15, 0.2) is 0 Å². The van der Waals surface area contributed by atoms with Crippen LogP contribution in [0.5, 0.6) is 0 Å². The van der Waals surface area contributed by atoms with Crippen LogP contribution in [0.4, 0.5) is 0 Å². The molecule has 0 bridgehead atoms. The number of aliphatic carboxylic acids is 1. The van der Waals surface area contributed by atoms with E-state index in [1.54, 1.807) is 18.7 Å². The minimum Gasteiger partial charge on any atom is -0.481 e. The molecule has 1 fully saturated rings. The van der Waals surface area contributed by atoms with Gasteiger partial charge in [-0.15, -0.1) is 0 Å². The Labute approximate surface area is 105 Å². The van der Waals surface area contributed by atoms with Crippen LogP contribution in [0.1, 0.15) is 41.0 Å². The fourth-order valence-electron chi connectivity index (χ4n) is 2.53. The predicted octanol–water partition coefficient (Wildman–Crippen LogP) is 1.11. The van der Waals surface area contributed by atoms with E-state index in [0.29, 0.717) is 17.8 Å². The molecule has 1 aliphatic rings. The molecule has 0 aromatic carbocycles. The van der Waals surface area contributed by atoms with E-state index in [0.717, 1.165) is 18.5 Å². The summed E-state index contributed by atoms with van der Waals surface area (Å²) in [6.07, 6.45) is 1.63. The SMILES string of the molecule is Cc1n[nH]c(C)c1C(=O)N1CCCC1CC(=O)O. The zero-order valence-corrected chi connectivity index (χ0v) is 10.6. The molecule has 1 saturated heterocycles. The average molecular weight is 251 g/mol. The van der Waals surface area contributed by atoms with Gasteiger partial charge in [-0.1, -0.05) is 0 Å². The first-order valence-corrected chi connectivity index (χ1v) is 6.05. The van der Waals surface area contributed by atoms with Crippen LogP contribution in [0.3, 0.4) is 0 Å². The Kier molecular flexibility index (Phi) is 3.36. The van der Waals surface area contributed by atoms with Crippen LogP contribution in [0.15, 0.2) is 0 Å². The molecule has 2 heterocycles.